The molecule has 0 unspecified atom stereocenters. The number of hydrogen-bond acceptors (Lipinski definition) is 6. The van der Waals surface area contributed by atoms with Crippen LogP contribution in [0.25, 0.3) is 0 Å². The zero-order valence-electron chi connectivity index (χ0n) is 19.6. The molecular formula is C27H34O6. The maximum Gasteiger partial charge on any atom is 0.184 e. The van der Waals surface area contributed by atoms with E-state index in [0.29, 0.717) is 19.4 Å². The number of benzene rings is 2. The number of aliphatic hydroxyl groups is 1. The highest BCUT2D eigenvalue weighted by atomic mass is 16.7. The molecule has 178 valence electrons. The summed E-state index contributed by atoms with van der Waals surface area (Å²) in [7, 11) is 1.63. The fourth-order valence-corrected chi connectivity index (χ4v) is 3.56. The second-order valence-corrected chi connectivity index (χ2v) is 8.44. The highest BCUT2D eigenvalue weighted by Crippen LogP contribution is 2.32. The van der Waals surface area contributed by atoms with Crippen LogP contribution in [0.1, 0.15) is 45.0 Å². The first kappa shape index (κ1) is 25.0. The van der Waals surface area contributed by atoms with Gasteiger partial charge in [-0.2, -0.15) is 0 Å². The summed E-state index contributed by atoms with van der Waals surface area (Å²) in [6.45, 7) is 4.08. The topological polar surface area (TPSA) is 74.2 Å². The molecule has 33 heavy (non-hydrogen) atoms. The van der Waals surface area contributed by atoms with Crippen LogP contribution in [0, 0.1) is 5.92 Å². The van der Waals surface area contributed by atoms with Gasteiger partial charge in [-0.3, -0.25) is 4.79 Å². The van der Waals surface area contributed by atoms with Gasteiger partial charge in [-0.1, -0.05) is 43.3 Å². The second kappa shape index (κ2) is 12.5. The van der Waals surface area contributed by atoms with E-state index in [0.717, 1.165) is 17.1 Å². The van der Waals surface area contributed by atoms with Gasteiger partial charge in [0.1, 0.15) is 11.5 Å². The van der Waals surface area contributed by atoms with E-state index in [4.69, 9.17) is 18.9 Å². The zero-order chi connectivity index (χ0) is 23.6. The average Bonchev–Trinajstić information content (AvgIpc) is 2.83. The molecular weight excluding hydrogens is 420 g/mol. The number of carbonyl (C=O) groups excluding carboxylic acids is 1. The molecule has 0 aliphatic carbocycles. The van der Waals surface area contributed by atoms with E-state index in [1.807, 2.05) is 61.5 Å². The number of ketones is 1. The molecule has 1 fully saturated rings. The maximum atomic E-state index is 12.5. The molecule has 1 aliphatic heterocycles. The Morgan fingerprint density at radius 1 is 1.06 bits per heavy atom. The van der Waals surface area contributed by atoms with Crippen LogP contribution in [-0.2, 0) is 14.3 Å². The van der Waals surface area contributed by atoms with Crippen LogP contribution >= 0.6 is 0 Å². The predicted molar refractivity (Wildman–Crippen MR) is 126 cm³/mol. The van der Waals surface area contributed by atoms with Gasteiger partial charge in [-0.15, -0.1) is 0 Å². The van der Waals surface area contributed by atoms with Crippen LogP contribution in [0.3, 0.4) is 0 Å². The highest BCUT2D eigenvalue weighted by molar-refractivity contribution is 5.90. The molecule has 6 heteroatoms. The molecule has 0 saturated carbocycles. The molecule has 1 N–H and O–H groups in total. The van der Waals surface area contributed by atoms with Gasteiger partial charge in [-0.05, 0) is 37.3 Å². The number of allylic oxidation sites excluding steroid dienone is 1. The summed E-state index contributed by atoms with van der Waals surface area (Å²) in [6.07, 6.45) is 3.49. The molecule has 6 nitrogen and oxygen atoms in total. The van der Waals surface area contributed by atoms with E-state index in [1.165, 1.54) is 0 Å². The summed E-state index contributed by atoms with van der Waals surface area (Å²) in [4.78, 5) is 12.5. The third-order valence-electron chi connectivity index (χ3n) is 5.77. The van der Waals surface area contributed by atoms with E-state index < -0.39 is 12.4 Å². The van der Waals surface area contributed by atoms with Crippen molar-refractivity contribution < 1.29 is 28.8 Å². The smallest absolute Gasteiger partial charge is 0.184 e. The van der Waals surface area contributed by atoms with Gasteiger partial charge >= 0.3 is 0 Å². The van der Waals surface area contributed by atoms with Crippen LogP contribution < -0.4 is 9.47 Å². The lowest BCUT2D eigenvalue weighted by atomic mass is 10.0. The van der Waals surface area contributed by atoms with Crippen molar-refractivity contribution in [3.63, 3.8) is 0 Å². The van der Waals surface area contributed by atoms with Gasteiger partial charge in [0.2, 0.25) is 0 Å². The molecule has 0 spiro atoms. The quantitative estimate of drug-likeness (QED) is 0.489. The van der Waals surface area contributed by atoms with E-state index in [1.54, 1.807) is 26.2 Å². The summed E-state index contributed by atoms with van der Waals surface area (Å²) in [5, 5.41) is 9.62. The highest BCUT2D eigenvalue weighted by Gasteiger charge is 2.32. The summed E-state index contributed by atoms with van der Waals surface area (Å²) < 4.78 is 23.4. The lowest BCUT2D eigenvalue weighted by Crippen LogP contribution is -2.35. The largest absolute Gasteiger partial charge is 0.497 e. The average molecular weight is 455 g/mol. The molecule has 1 heterocycles. The Balaban J connectivity index is 1.59. The van der Waals surface area contributed by atoms with Crippen LogP contribution in [0.2, 0.25) is 0 Å². The van der Waals surface area contributed by atoms with Crippen molar-refractivity contribution in [2.45, 2.75) is 57.7 Å². The van der Waals surface area contributed by atoms with Gasteiger partial charge in [-0.25, -0.2) is 0 Å². The minimum absolute atomic E-state index is 0.0190. The van der Waals surface area contributed by atoms with Crippen molar-refractivity contribution in [1.29, 1.82) is 0 Å². The van der Waals surface area contributed by atoms with Gasteiger partial charge in [0.05, 0.1) is 32.0 Å². The summed E-state index contributed by atoms with van der Waals surface area (Å²) in [5.41, 5.74) is 0.925. The van der Waals surface area contributed by atoms with Crippen molar-refractivity contribution in [1.82, 2.24) is 0 Å². The molecule has 5 atom stereocenters. The number of rotatable bonds is 11. The Kier molecular flexibility index (Phi) is 9.48. The number of methoxy groups -OCH3 is 1. The second-order valence-electron chi connectivity index (χ2n) is 8.44. The predicted octanol–water partition coefficient (Wildman–Crippen LogP) is 4.87. The van der Waals surface area contributed by atoms with E-state index in [2.05, 4.69) is 0 Å². The van der Waals surface area contributed by atoms with Crippen molar-refractivity contribution in [2.75, 3.05) is 13.7 Å². The molecule has 0 aromatic heterocycles. The van der Waals surface area contributed by atoms with E-state index in [9.17, 15) is 9.90 Å². The maximum absolute atomic E-state index is 12.5. The fourth-order valence-electron chi connectivity index (χ4n) is 3.56. The molecule has 3 rings (SSSR count). The van der Waals surface area contributed by atoms with Gasteiger partial charge in [0.25, 0.3) is 0 Å². The molecule has 1 aliphatic rings. The summed E-state index contributed by atoms with van der Waals surface area (Å²) >= 11 is 0. The number of aliphatic hydroxyl groups excluding tert-OH is 1. The molecule has 2 aromatic carbocycles. The first-order chi connectivity index (χ1) is 15.9. The lowest BCUT2D eigenvalue weighted by Gasteiger charge is -2.35. The number of ether oxygens (including phenoxy) is 4. The Morgan fingerprint density at radius 2 is 1.73 bits per heavy atom. The molecule has 0 bridgehead atoms. The van der Waals surface area contributed by atoms with Crippen molar-refractivity contribution in [3.8, 4) is 11.5 Å². The van der Waals surface area contributed by atoms with Gasteiger partial charge in [0.15, 0.2) is 12.1 Å². The fraction of sp³-hybridized carbons (Fsp3) is 0.444. The van der Waals surface area contributed by atoms with Crippen LogP contribution in [-0.4, -0.2) is 42.9 Å². The van der Waals surface area contributed by atoms with Crippen LogP contribution in [0.5, 0.6) is 11.5 Å². The zero-order valence-corrected chi connectivity index (χ0v) is 19.6. The monoisotopic (exact) mass is 454 g/mol. The Morgan fingerprint density at radius 3 is 2.39 bits per heavy atom. The minimum atomic E-state index is -0.524. The Bertz CT molecular complexity index is 877. The first-order valence-electron chi connectivity index (χ1n) is 11.5. The summed E-state index contributed by atoms with van der Waals surface area (Å²) in [5.74, 6) is 1.45. The minimum Gasteiger partial charge on any atom is -0.497 e. The molecule has 0 radical (unpaired) electrons. The normalized spacial score (nSPS) is 22.6. The SMILES string of the molecule is COc1ccc(OCC[C@@H]2C[C@H](CC(=O)/C=C/[C@@H](C)[C@H](C)O)O[C@H](c3ccccc3)O2)cc1. The Hall–Kier alpha value is -2.67. The van der Waals surface area contributed by atoms with Crippen LogP contribution in [0.4, 0.5) is 0 Å². The van der Waals surface area contributed by atoms with Crippen molar-refractivity contribution in [2.24, 2.45) is 5.92 Å². The summed E-state index contributed by atoms with van der Waals surface area (Å²) in [6, 6.07) is 17.2. The van der Waals surface area contributed by atoms with Crippen molar-refractivity contribution >= 4 is 5.78 Å². The standard InChI is InChI=1S/C27H34O6/c1-19(20(2)28)9-10-22(29)17-26-18-25(32-27(33-26)21-7-5-4-6-8-21)15-16-31-24-13-11-23(30-3)12-14-24/h4-14,19-20,25-28H,15-18H2,1-3H3/b10-9+/t19-,20+,25-,26+,27-/m1/s1. The number of carbonyl (C=O) groups is 1. The third-order valence-corrected chi connectivity index (χ3v) is 5.77. The first-order valence-corrected chi connectivity index (χ1v) is 11.5. The molecule has 1 saturated heterocycles. The third kappa shape index (κ3) is 8.00. The van der Waals surface area contributed by atoms with Gasteiger partial charge in [0, 0.05) is 30.7 Å². The van der Waals surface area contributed by atoms with Crippen LogP contribution in [0.15, 0.2) is 66.7 Å². The van der Waals surface area contributed by atoms with E-state index >= 15 is 0 Å². The van der Waals surface area contributed by atoms with E-state index in [-0.39, 0.29) is 30.3 Å². The number of hydrogen-bond donors (Lipinski definition) is 1. The lowest BCUT2D eigenvalue weighted by molar-refractivity contribution is -0.249. The molecule has 0 amide bonds. The van der Waals surface area contributed by atoms with Gasteiger partial charge < -0.3 is 24.1 Å². The van der Waals surface area contributed by atoms with Crippen molar-refractivity contribution in [3.05, 3.63) is 72.3 Å². The Labute approximate surface area is 196 Å². The molecule has 2 aromatic rings.